The fourth-order valence-electron chi connectivity index (χ4n) is 2.17. The minimum absolute atomic E-state index is 0.747. The summed E-state index contributed by atoms with van der Waals surface area (Å²) in [6.07, 6.45) is 1.84. The molecule has 0 aliphatic carbocycles. The molecule has 3 aromatic rings. The summed E-state index contributed by atoms with van der Waals surface area (Å²) in [6.45, 7) is 0.747. The van der Waals surface area contributed by atoms with Crippen LogP contribution in [0.15, 0.2) is 48.8 Å². The van der Waals surface area contributed by atoms with E-state index < -0.39 is 0 Å². The van der Waals surface area contributed by atoms with Gasteiger partial charge in [-0.1, -0.05) is 12.1 Å². The van der Waals surface area contributed by atoms with Gasteiger partial charge in [0, 0.05) is 12.2 Å². The smallest absolute Gasteiger partial charge is 0.119 e. The van der Waals surface area contributed by atoms with Crippen LogP contribution < -0.4 is 10.5 Å². The van der Waals surface area contributed by atoms with Gasteiger partial charge in [-0.25, -0.2) is 4.98 Å². The molecule has 0 radical (unpaired) electrons. The Morgan fingerprint density at radius 3 is 2.95 bits per heavy atom. The molecule has 0 fully saturated rings. The minimum Gasteiger partial charge on any atom is -0.497 e. The number of fused-ring (bicyclic) bond motifs is 1. The third kappa shape index (κ3) is 2.25. The Hall–Kier alpha value is -2.49. The van der Waals surface area contributed by atoms with Crippen molar-refractivity contribution in [3.8, 4) is 5.75 Å². The number of imidazole rings is 1. The molecule has 2 aromatic carbocycles. The number of nitrogen functional groups attached to an aromatic ring is 1. The van der Waals surface area contributed by atoms with Crippen LogP contribution in [0.2, 0.25) is 0 Å². The molecule has 0 spiro atoms. The molecular weight excluding hydrogens is 238 g/mol. The highest BCUT2D eigenvalue weighted by Gasteiger charge is 2.04. The van der Waals surface area contributed by atoms with Gasteiger partial charge in [-0.3, -0.25) is 0 Å². The van der Waals surface area contributed by atoms with Crippen LogP contribution in [0.25, 0.3) is 11.0 Å². The van der Waals surface area contributed by atoms with E-state index in [0.717, 1.165) is 29.0 Å². The second-order valence-corrected chi connectivity index (χ2v) is 4.47. The summed E-state index contributed by atoms with van der Waals surface area (Å²) in [4.78, 5) is 4.37. The number of nitrogens with zero attached hydrogens (tertiary/aromatic N) is 2. The van der Waals surface area contributed by atoms with Gasteiger partial charge >= 0.3 is 0 Å². The topological polar surface area (TPSA) is 53.1 Å². The zero-order chi connectivity index (χ0) is 13.2. The molecule has 2 N–H and O–H groups in total. The molecule has 0 saturated heterocycles. The Balaban J connectivity index is 1.98. The number of ether oxygens (including phenoxy) is 1. The number of methoxy groups -OCH3 is 1. The number of rotatable bonds is 3. The summed E-state index contributed by atoms with van der Waals surface area (Å²) in [6, 6.07) is 13.8. The van der Waals surface area contributed by atoms with Crippen molar-refractivity contribution in [3.05, 3.63) is 54.4 Å². The summed E-state index contributed by atoms with van der Waals surface area (Å²) in [5.41, 5.74) is 9.75. The average molecular weight is 253 g/mol. The summed E-state index contributed by atoms with van der Waals surface area (Å²) < 4.78 is 7.32. The van der Waals surface area contributed by atoms with Gasteiger partial charge in [0.25, 0.3) is 0 Å². The molecule has 0 aliphatic heterocycles. The maximum Gasteiger partial charge on any atom is 0.119 e. The van der Waals surface area contributed by atoms with Gasteiger partial charge in [0.15, 0.2) is 0 Å². The molecule has 4 heteroatoms. The Labute approximate surface area is 111 Å². The largest absolute Gasteiger partial charge is 0.497 e. The minimum atomic E-state index is 0.747. The van der Waals surface area contributed by atoms with E-state index in [0.29, 0.717) is 0 Å². The van der Waals surface area contributed by atoms with Gasteiger partial charge in [-0.15, -0.1) is 0 Å². The van der Waals surface area contributed by atoms with Crippen molar-refractivity contribution >= 4 is 16.7 Å². The lowest BCUT2D eigenvalue weighted by molar-refractivity contribution is 0.414. The molecule has 0 aliphatic rings. The highest BCUT2D eigenvalue weighted by Crippen LogP contribution is 2.19. The van der Waals surface area contributed by atoms with Crippen LogP contribution in [-0.2, 0) is 6.54 Å². The van der Waals surface area contributed by atoms with Crippen molar-refractivity contribution in [2.24, 2.45) is 0 Å². The Bertz CT molecular complexity index is 718. The number of hydrogen-bond donors (Lipinski definition) is 1. The van der Waals surface area contributed by atoms with Crippen molar-refractivity contribution in [1.82, 2.24) is 9.55 Å². The third-order valence-electron chi connectivity index (χ3n) is 3.13. The van der Waals surface area contributed by atoms with Crippen molar-refractivity contribution in [2.75, 3.05) is 12.8 Å². The number of nitrogens with two attached hydrogens (primary N) is 1. The summed E-state index contributed by atoms with van der Waals surface area (Å²) in [7, 11) is 1.67. The van der Waals surface area contributed by atoms with Gasteiger partial charge in [-0.2, -0.15) is 0 Å². The van der Waals surface area contributed by atoms with E-state index in [1.165, 1.54) is 5.56 Å². The first kappa shape index (κ1) is 11.6. The van der Waals surface area contributed by atoms with E-state index in [1.54, 1.807) is 7.11 Å². The Morgan fingerprint density at radius 1 is 1.21 bits per heavy atom. The molecule has 0 unspecified atom stereocenters. The molecule has 4 nitrogen and oxygen atoms in total. The van der Waals surface area contributed by atoms with Gasteiger partial charge in [-0.05, 0) is 35.9 Å². The Kier molecular flexibility index (Phi) is 2.83. The van der Waals surface area contributed by atoms with Crippen LogP contribution >= 0.6 is 0 Å². The second-order valence-electron chi connectivity index (χ2n) is 4.47. The van der Waals surface area contributed by atoms with Crippen molar-refractivity contribution < 1.29 is 4.74 Å². The fraction of sp³-hybridized carbons (Fsp3) is 0.133. The number of aromatic nitrogens is 2. The van der Waals surface area contributed by atoms with Crippen LogP contribution in [0.5, 0.6) is 5.75 Å². The maximum atomic E-state index is 5.83. The quantitative estimate of drug-likeness (QED) is 0.730. The van der Waals surface area contributed by atoms with Crippen LogP contribution in [0, 0.1) is 0 Å². The van der Waals surface area contributed by atoms with E-state index >= 15 is 0 Å². The zero-order valence-electron chi connectivity index (χ0n) is 10.7. The number of benzene rings is 2. The van der Waals surface area contributed by atoms with E-state index in [-0.39, 0.29) is 0 Å². The molecule has 0 amide bonds. The standard InChI is InChI=1S/C15H15N3O/c1-19-13-4-2-3-11(7-13)9-18-10-17-14-6-5-12(16)8-15(14)18/h2-8,10H,9,16H2,1H3. The van der Waals surface area contributed by atoms with Crippen LogP contribution in [-0.4, -0.2) is 16.7 Å². The second kappa shape index (κ2) is 4.65. The van der Waals surface area contributed by atoms with Crippen molar-refractivity contribution in [1.29, 1.82) is 0 Å². The predicted molar refractivity (Wildman–Crippen MR) is 76.2 cm³/mol. The highest BCUT2D eigenvalue weighted by atomic mass is 16.5. The maximum absolute atomic E-state index is 5.83. The highest BCUT2D eigenvalue weighted by molar-refractivity contribution is 5.79. The first-order valence-electron chi connectivity index (χ1n) is 6.09. The zero-order valence-corrected chi connectivity index (χ0v) is 10.7. The third-order valence-corrected chi connectivity index (χ3v) is 3.13. The van der Waals surface area contributed by atoms with Gasteiger partial charge in [0.2, 0.25) is 0 Å². The van der Waals surface area contributed by atoms with Gasteiger partial charge in [0.05, 0.1) is 24.5 Å². The van der Waals surface area contributed by atoms with E-state index in [9.17, 15) is 0 Å². The summed E-state index contributed by atoms with van der Waals surface area (Å²) >= 11 is 0. The van der Waals surface area contributed by atoms with Crippen LogP contribution in [0.3, 0.4) is 0 Å². The lowest BCUT2D eigenvalue weighted by Crippen LogP contribution is -1.98. The first-order valence-corrected chi connectivity index (χ1v) is 6.09. The monoisotopic (exact) mass is 253 g/mol. The number of anilines is 1. The molecule has 0 atom stereocenters. The van der Waals surface area contributed by atoms with Gasteiger partial charge < -0.3 is 15.0 Å². The molecule has 3 rings (SSSR count). The Morgan fingerprint density at radius 2 is 2.11 bits per heavy atom. The SMILES string of the molecule is COc1cccc(Cn2cnc3ccc(N)cc32)c1. The lowest BCUT2D eigenvalue weighted by atomic mass is 10.2. The summed E-state index contributed by atoms with van der Waals surface area (Å²) in [5, 5.41) is 0. The van der Waals surface area contributed by atoms with Gasteiger partial charge in [0.1, 0.15) is 5.75 Å². The molecule has 96 valence electrons. The molecule has 19 heavy (non-hydrogen) atoms. The van der Waals surface area contributed by atoms with E-state index in [1.807, 2.05) is 42.7 Å². The normalized spacial score (nSPS) is 10.8. The van der Waals surface area contributed by atoms with Crippen LogP contribution in [0.4, 0.5) is 5.69 Å². The summed E-state index contributed by atoms with van der Waals surface area (Å²) in [5.74, 6) is 0.862. The molecule has 0 saturated carbocycles. The lowest BCUT2D eigenvalue weighted by Gasteiger charge is -2.07. The number of hydrogen-bond acceptors (Lipinski definition) is 3. The van der Waals surface area contributed by atoms with Crippen molar-refractivity contribution in [3.63, 3.8) is 0 Å². The van der Waals surface area contributed by atoms with Crippen molar-refractivity contribution in [2.45, 2.75) is 6.54 Å². The average Bonchev–Trinajstić information content (AvgIpc) is 2.81. The first-order chi connectivity index (χ1) is 9.26. The fourth-order valence-corrected chi connectivity index (χ4v) is 2.17. The molecule has 1 heterocycles. The molecule has 0 bridgehead atoms. The molecular formula is C15H15N3O. The predicted octanol–water partition coefficient (Wildman–Crippen LogP) is 2.68. The molecule has 1 aromatic heterocycles. The van der Waals surface area contributed by atoms with Crippen LogP contribution in [0.1, 0.15) is 5.56 Å². The van der Waals surface area contributed by atoms with E-state index in [4.69, 9.17) is 10.5 Å². The van der Waals surface area contributed by atoms with E-state index in [2.05, 4.69) is 15.6 Å².